The van der Waals surface area contributed by atoms with E-state index in [0.717, 1.165) is 50.8 Å². The highest BCUT2D eigenvalue weighted by molar-refractivity contribution is 6.35. The van der Waals surface area contributed by atoms with E-state index in [2.05, 4.69) is 11.8 Å². The number of amides is 2. The zero-order chi connectivity index (χ0) is 18.1. The lowest BCUT2D eigenvalue weighted by Gasteiger charge is -2.34. The standard InChI is InChI=1S/C22H28N2O2/c1-16-9-8-14-23(15-16)20-19(17-10-4-2-5-11-17)21(25)24(22(20)26)18-12-6-3-7-13-18/h2,4-5,10-11,16,18H,3,6-9,12-15H2,1H3. The van der Waals surface area contributed by atoms with Crippen LogP contribution in [0.4, 0.5) is 0 Å². The quantitative estimate of drug-likeness (QED) is 0.776. The summed E-state index contributed by atoms with van der Waals surface area (Å²) in [7, 11) is 0. The first-order chi connectivity index (χ1) is 12.7. The number of hydrogen-bond donors (Lipinski definition) is 0. The summed E-state index contributed by atoms with van der Waals surface area (Å²) >= 11 is 0. The van der Waals surface area contributed by atoms with Crippen molar-refractivity contribution in [2.24, 2.45) is 5.92 Å². The molecule has 1 atom stereocenters. The highest BCUT2D eigenvalue weighted by Crippen LogP contribution is 2.37. The molecule has 26 heavy (non-hydrogen) atoms. The van der Waals surface area contributed by atoms with Gasteiger partial charge in [0, 0.05) is 19.1 Å². The molecule has 0 aromatic heterocycles. The lowest BCUT2D eigenvalue weighted by Crippen LogP contribution is -2.44. The molecule has 0 bridgehead atoms. The second-order valence-electron chi connectivity index (χ2n) is 8.06. The first kappa shape index (κ1) is 17.3. The Bertz CT molecular complexity index is 719. The van der Waals surface area contributed by atoms with E-state index in [-0.39, 0.29) is 17.9 Å². The van der Waals surface area contributed by atoms with E-state index < -0.39 is 0 Å². The van der Waals surface area contributed by atoms with Crippen molar-refractivity contribution in [3.8, 4) is 0 Å². The Morgan fingerprint density at radius 2 is 1.62 bits per heavy atom. The highest BCUT2D eigenvalue weighted by Gasteiger charge is 2.45. The maximum absolute atomic E-state index is 13.4. The van der Waals surface area contributed by atoms with Gasteiger partial charge >= 0.3 is 0 Å². The van der Waals surface area contributed by atoms with Crippen LogP contribution in [0, 0.1) is 5.92 Å². The lowest BCUT2D eigenvalue weighted by atomic mass is 9.94. The van der Waals surface area contributed by atoms with Gasteiger partial charge in [0.05, 0.1) is 5.57 Å². The summed E-state index contributed by atoms with van der Waals surface area (Å²) < 4.78 is 0. The average molecular weight is 352 g/mol. The predicted octanol–water partition coefficient (Wildman–Crippen LogP) is 3.83. The van der Waals surface area contributed by atoms with Crippen LogP contribution in [0.2, 0.25) is 0 Å². The lowest BCUT2D eigenvalue weighted by molar-refractivity contribution is -0.141. The van der Waals surface area contributed by atoms with Gasteiger partial charge in [-0.2, -0.15) is 0 Å². The molecular formula is C22H28N2O2. The third-order valence-electron chi connectivity index (χ3n) is 6.07. The fourth-order valence-corrected chi connectivity index (χ4v) is 4.76. The zero-order valence-corrected chi connectivity index (χ0v) is 15.6. The number of hydrogen-bond acceptors (Lipinski definition) is 3. The Morgan fingerprint density at radius 1 is 0.885 bits per heavy atom. The number of imide groups is 1. The zero-order valence-electron chi connectivity index (χ0n) is 15.6. The summed E-state index contributed by atoms with van der Waals surface area (Å²) in [6.07, 6.45) is 7.60. The maximum Gasteiger partial charge on any atom is 0.278 e. The van der Waals surface area contributed by atoms with Crippen molar-refractivity contribution in [2.75, 3.05) is 13.1 Å². The van der Waals surface area contributed by atoms with E-state index in [0.29, 0.717) is 17.2 Å². The van der Waals surface area contributed by atoms with Crippen molar-refractivity contribution in [2.45, 2.75) is 57.9 Å². The second kappa shape index (κ2) is 7.26. The number of benzene rings is 1. The Hall–Kier alpha value is -2.10. The van der Waals surface area contributed by atoms with Gasteiger partial charge in [0.15, 0.2) is 0 Å². The Labute approximate surface area is 155 Å². The van der Waals surface area contributed by atoms with Gasteiger partial charge in [-0.1, -0.05) is 56.5 Å². The van der Waals surface area contributed by atoms with Gasteiger partial charge in [-0.15, -0.1) is 0 Å². The molecule has 1 saturated carbocycles. The summed E-state index contributed by atoms with van der Waals surface area (Å²) in [6.45, 7) is 3.96. The van der Waals surface area contributed by atoms with Crippen molar-refractivity contribution in [3.63, 3.8) is 0 Å². The van der Waals surface area contributed by atoms with E-state index in [1.54, 1.807) is 4.90 Å². The molecule has 4 heteroatoms. The molecule has 0 radical (unpaired) electrons. The molecule has 1 unspecified atom stereocenters. The normalized spacial score (nSPS) is 25.3. The SMILES string of the molecule is CC1CCCN(C2=C(c3ccccc3)C(=O)N(C3CCCCC3)C2=O)C1. The molecule has 4 nitrogen and oxygen atoms in total. The Morgan fingerprint density at radius 3 is 2.31 bits per heavy atom. The molecule has 2 heterocycles. The molecule has 0 spiro atoms. The Balaban J connectivity index is 1.74. The molecule has 2 fully saturated rings. The first-order valence-electron chi connectivity index (χ1n) is 10.1. The smallest absolute Gasteiger partial charge is 0.278 e. The largest absolute Gasteiger partial charge is 0.366 e. The molecule has 2 amide bonds. The van der Waals surface area contributed by atoms with Gasteiger partial charge in [-0.05, 0) is 37.2 Å². The van der Waals surface area contributed by atoms with Crippen LogP contribution in [0.25, 0.3) is 5.57 Å². The van der Waals surface area contributed by atoms with Gasteiger partial charge in [-0.3, -0.25) is 14.5 Å². The molecule has 1 aromatic carbocycles. The number of carbonyl (C=O) groups is 2. The summed E-state index contributed by atoms with van der Waals surface area (Å²) in [6, 6.07) is 9.82. The van der Waals surface area contributed by atoms with Crippen molar-refractivity contribution < 1.29 is 9.59 Å². The van der Waals surface area contributed by atoms with Gasteiger partial charge in [0.2, 0.25) is 0 Å². The molecular weight excluding hydrogens is 324 g/mol. The molecule has 1 aromatic rings. The van der Waals surface area contributed by atoms with E-state index in [1.807, 2.05) is 30.3 Å². The van der Waals surface area contributed by atoms with Crippen LogP contribution in [0.5, 0.6) is 0 Å². The Kier molecular flexibility index (Phi) is 4.84. The fraction of sp³-hybridized carbons (Fsp3) is 0.545. The van der Waals surface area contributed by atoms with E-state index in [9.17, 15) is 9.59 Å². The van der Waals surface area contributed by atoms with Gasteiger partial charge in [0.25, 0.3) is 11.8 Å². The molecule has 2 aliphatic heterocycles. The van der Waals surface area contributed by atoms with Gasteiger partial charge < -0.3 is 4.90 Å². The van der Waals surface area contributed by atoms with Crippen molar-refractivity contribution >= 4 is 17.4 Å². The maximum atomic E-state index is 13.4. The average Bonchev–Trinajstić information content (AvgIpc) is 2.93. The van der Waals surface area contributed by atoms with Crippen LogP contribution >= 0.6 is 0 Å². The molecule has 4 rings (SSSR count). The minimum Gasteiger partial charge on any atom is -0.366 e. The van der Waals surface area contributed by atoms with Gasteiger partial charge in [0.1, 0.15) is 5.70 Å². The number of piperidine rings is 1. The molecule has 3 aliphatic rings. The van der Waals surface area contributed by atoms with Crippen LogP contribution in [-0.4, -0.2) is 40.7 Å². The minimum atomic E-state index is -0.0821. The summed E-state index contributed by atoms with van der Waals surface area (Å²) in [5.41, 5.74) is 2.14. The summed E-state index contributed by atoms with van der Waals surface area (Å²) in [4.78, 5) is 30.6. The van der Waals surface area contributed by atoms with Crippen LogP contribution < -0.4 is 0 Å². The van der Waals surface area contributed by atoms with Crippen LogP contribution in [0.15, 0.2) is 36.0 Å². The van der Waals surface area contributed by atoms with Crippen LogP contribution in [0.3, 0.4) is 0 Å². The molecule has 0 N–H and O–H groups in total. The first-order valence-corrected chi connectivity index (χ1v) is 10.1. The van der Waals surface area contributed by atoms with Crippen molar-refractivity contribution in [1.29, 1.82) is 0 Å². The van der Waals surface area contributed by atoms with Crippen LogP contribution in [-0.2, 0) is 9.59 Å². The number of likely N-dealkylation sites (tertiary alicyclic amines) is 1. The molecule has 138 valence electrons. The molecule has 1 saturated heterocycles. The van der Waals surface area contributed by atoms with Crippen molar-refractivity contribution in [3.05, 3.63) is 41.6 Å². The predicted molar refractivity (Wildman–Crippen MR) is 102 cm³/mol. The second-order valence-corrected chi connectivity index (χ2v) is 8.06. The third-order valence-corrected chi connectivity index (χ3v) is 6.07. The summed E-state index contributed by atoms with van der Waals surface area (Å²) in [5, 5.41) is 0. The van der Waals surface area contributed by atoms with Crippen LogP contribution in [0.1, 0.15) is 57.4 Å². The third kappa shape index (κ3) is 3.06. The fourth-order valence-electron chi connectivity index (χ4n) is 4.76. The minimum absolute atomic E-state index is 0.0603. The van der Waals surface area contributed by atoms with E-state index in [4.69, 9.17) is 0 Å². The number of nitrogens with zero attached hydrogens (tertiary/aromatic N) is 2. The van der Waals surface area contributed by atoms with Gasteiger partial charge in [-0.25, -0.2) is 0 Å². The highest BCUT2D eigenvalue weighted by atomic mass is 16.2. The monoisotopic (exact) mass is 352 g/mol. The number of carbonyl (C=O) groups excluding carboxylic acids is 2. The molecule has 1 aliphatic carbocycles. The number of rotatable bonds is 3. The van der Waals surface area contributed by atoms with E-state index >= 15 is 0 Å². The van der Waals surface area contributed by atoms with E-state index in [1.165, 1.54) is 12.8 Å². The summed E-state index contributed by atoms with van der Waals surface area (Å²) in [5.74, 6) is 0.413. The van der Waals surface area contributed by atoms with Crippen molar-refractivity contribution in [1.82, 2.24) is 9.80 Å². The topological polar surface area (TPSA) is 40.6 Å².